The van der Waals surface area contributed by atoms with Crippen molar-refractivity contribution in [2.45, 2.75) is 13.5 Å². The topological polar surface area (TPSA) is 64.5 Å². The van der Waals surface area contributed by atoms with Gasteiger partial charge >= 0.3 is 0 Å². The van der Waals surface area contributed by atoms with Crippen LogP contribution in [0.2, 0.25) is 0 Å². The molecule has 2 rings (SSSR count). The van der Waals surface area contributed by atoms with Crippen molar-refractivity contribution in [2.24, 2.45) is 0 Å². The number of aromatic nitrogens is 2. The average molecular weight is 212 g/mol. The molecular formula is C12H12N4. The van der Waals surface area contributed by atoms with Gasteiger partial charge < -0.3 is 5.32 Å². The van der Waals surface area contributed by atoms with Crippen LogP contribution in [-0.2, 0) is 6.54 Å². The zero-order valence-electron chi connectivity index (χ0n) is 8.99. The summed E-state index contributed by atoms with van der Waals surface area (Å²) in [7, 11) is 0. The Labute approximate surface area is 93.9 Å². The van der Waals surface area contributed by atoms with E-state index in [1.165, 1.54) is 0 Å². The van der Waals surface area contributed by atoms with Crippen molar-refractivity contribution in [1.29, 1.82) is 5.26 Å². The van der Waals surface area contributed by atoms with Crippen LogP contribution in [0.3, 0.4) is 0 Å². The molecule has 0 aliphatic rings. The monoisotopic (exact) mass is 212 g/mol. The molecule has 16 heavy (non-hydrogen) atoms. The number of benzene rings is 1. The van der Waals surface area contributed by atoms with Gasteiger partial charge in [-0.1, -0.05) is 6.07 Å². The summed E-state index contributed by atoms with van der Waals surface area (Å²) in [5.74, 6) is 0. The van der Waals surface area contributed by atoms with Gasteiger partial charge in [0.25, 0.3) is 0 Å². The van der Waals surface area contributed by atoms with E-state index in [0.717, 1.165) is 16.9 Å². The number of nitriles is 1. The molecular weight excluding hydrogens is 200 g/mol. The van der Waals surface area contributed by atoms with E-state index in [9.17, 15) is 0 Å². The molecule has 4 heteroatoms. The van der Waals surface area contributed by atoms with Crippen LogP contribution in [0.25, 0.3) is 0 Å². The minimum absolute atomic E-state index is 0.661. The lowest BCUT2D eigenvalue weighted by atomic mass is 10.2. The Bertz CT molecular complexity index is 522. The summed E-state index contributed by atoms with van der Waals surface area (Å²) in [6.45, 7) is 2.69. The molecule has 0 fully saturated rings. The zero-order valence-corrected chi connectivity index (χ0v) is 8.99. The van der Waals surface area contributed by atoms with Gasteiger partial charge in [0.15, 0.2) is 0 Å². The third kappa shape index (κ3) is 2.20. The first kappa shape index (κ1) is 10.2. The molecule has 0 radical (unpaired) electrons. The summed E-state index contributed by atoms with van der Waals surface area (Å²) in [4.78, 5) is 0. The number of hydrogen-bond donors (Lipinski definition) is 2. The molecule has 0 bridgehead atoms. The van der Waals surface area contributed by atoms with Crippen molar-refractivity contribution in [3.05, 3.63) is 47.3 Å². The minimum atomic E-state index is 0.661. The van der Waals surface area contributed by atoms with Crippen molar-refractivity contribution in [2.75, 3.05) is 5.32 Å². The van der Waals surface area contributed by atoms with E-state index in [0.29, 0.717) is 12.1 Å². The highest BCUT2D eigenvalue weighted by Gasteiger charge is 2.00. The largest absolute Gasteiger partial charge is 0.381 e. The quantitative estimate of drug-likeness (QED) is 0.819. The summed E-state index contributed by atoms with van der Waals surface area (Å²) in [6, 6.07) is 9.53. The summed E-state index contributed by atoms with van der Waals surface area (Å²) in [6.07, 6.45) is 1.80. The standard InChI is InChI=1S/C12H12N4/c1-9-11(8-15-16-9)7-14-12-4-2-3-10(5-12)6-13/h2-5,8,14H,7H2,1H3,(H,15,16). The predicted molar refractivity (Wildman–Crippen MR) is 61.8 cm³/mol. The SMILES string of the molecule is Cc1[nH]ncc1CNc1cccc(C#N)c1. The first-order valence-corrected chi connectivity index (χ1v) is 5.02. The van der Waals surface area contributed by atoms with E-state index in [-0.39, 0.29) is 0 Å². The molecule has 4 nitrogen and oxygen atoms in total. The van der Waals surface area contributed by atoms with Gasteiger partial charge in [-0.05, 0) is 25.1 Å². The van der Waals surface area contributed by atoms with Crippen LogP contribution in [0.15, 0.2) is 30.5 Å². The van der Waals surface area contributed by atoms with Gasteiger partial charge in [-0.2, -0.15) is 10.4 Å². The molecule has 1 aromatic carbocycles. The third-order valence-electron chi connectivity index (χ3n) is 2.41. The molecule has 1 aromatic heterocycles. The third-order valence-corrected chi connectivity index (χ3v) is 2.41. The fourth-order valence-corrected chi connectivity index (χ4v) is 1.45. The molecule has 0 unspecified atom stereocenters. The Morgan fingerprint density at radius 3 is 3.06 bits per heavy atom. The maximum absolute atomic E-state index is 8.77. The van der Waals surface area contributed by atoms with Gasteiger partial charge in [-0.3, -0.25) is 5.10 Å². The predicted octanol–water partition coefficient (Wildman–Crippen LogP) is 2.20. The fourth-order valence-electron chi connectivity index (χ4n) is 1.45. The lowest BCUT2D eigenvalue weighted by molar-refractivity contribution is 1.04. The van der Waals surface area contributed by atoms with E-state index in [1.807, 2.05) is 25.1 Å². The van der Waals surface area contributed by atoms with Gasteiger partial charge in [0.1, 0.15) is 0 Å². The van der Waals surface area contributed by atoms with Gasteiger partial charge in [0, 0.05) is 23.5 Å². The van der Waals surface area contributed by atoms with Crippen molar-refractivity contribution < 1.29 is 0 Å². The molecule has 2 N–H and O–H groups in total. The van der Waals surface area contributed by atoms with E-state index < -0.39 is 0 Å². The van der Waals surface area contributed by atoms with E-state index >= 15 is 0 Å². The highest BCUT2D eigenvalue weighted by atomic mass is 15.1. The first-order chi connectivity index (χ1) is 7.79. The van der Waals surface area contributed by atoms with E-state index in [4.69, 9.17) is 5.26 Å². The van der Waals surface area contributed by atoms with Crippen molar-refractivity contribution in [1.82, 2.24) is 10.2 Å². The maximum atomic E-state index is 8.77. The van der Waals surface area contributed by atoms with Crippen LogP contribution in [0.4, 0.5) is 5.69 Å². The normalized spacial score (nSPS) is 9.75. The molecule has 80 valence electrons. The lowest BCUT2D eigenvalue weighted by Crippen LogP contribution is -1.99. The van der Waals surface area contributed by atoms with Crippen LogP contribution in [0.1, 0.15) is 16.8 Å². The highest BCUT2D eigenvalue weighted by molar-refractivity contribution is 5.49. The second-order valence-corrected chi connectivity index (χ2v) is 3.57. The number of nitrogens with zero attached hydrogens (tertiary/aromatic N) is 2. The number of aromatic amines is 1. The number of aryl methyl sites for hydroxylation is 1. The van der Waals surface area contributed by atoms with Gasteiger partial charge in [0.2, 0.25) is 0 Å². The van der Waals surface area contributed by atoms with Gasteiger partial charge in [-0.25, -0.2) is 0 Å². The van der Waals surface area contributed by atoms with Crippen molar-refractivity contribution >= 4 is 5.69 Å². The number of rotatable bonds is 3. The Morgan fingerprint density at radius 2 is 2.38 bits per heavy atom. The number of H-pyrrole nitrogens is 1. The summed E-state index contributed by atoms with van der Waals surface area (Å²) >= 11 is 0. The molecule has 0 amide bonds. The first-order valence-electron chi connectivity index (χ1n) is 5.02. The summed E-state index contributed by atoms with van der Waals surface area (Å²) in [5, 5.41) is 18.9. The molecule has 0 atom stereocenters. The second kappa shape index (κ2) is 4.49. The van der Waals surface area contributed by atoms with Crippen LogP contribution >= 0.6 is 0 Å². The molecule has 0 spiro atoms. The van der Waals surface area contributed by atoms with Gasteiger partial charge in [0.05, 0.1) is 17.8 Å². The van der Waals surface area contributed by atoms with E-state index in [2.05, 4.69) is 21.6 Å². The highest BCUT2D eigenvalue weighted by Crippen LogP contribution is 2.12. The molecule has 0 saturated carbocycles. The number of hydrogen-bond acceptors (Lipinski definition) is 3. The smallest absolute Gasteiger partial charge is 0.0992 e. The van der Waals surface area contributed by atoms with Gasteiger partial charge in [-0.15, -0.1) is 0 Å². The van der Waals surface area contributed by atoms with Crippen LogP contribution in [0, 0.1) is 18.3 Å². The fraction of sp³-hybridized carbons (Fsp3) is 0.167. The Balaban J connectivity index is 2.05. The molecule has 0 aliphatic heterocycles. The molecule has 0 aliphatic carbocycles. The van der Waals surface area contributed by atoms with Crippen LogP contribution in [-0.4, -0.2) is 10.2 Å². The summed E-state index contributed by atoms with van der Waals surface area (Å²) in [5.41, 5.74) is 3.79. The number of nitrogens with one attached hydrogen (secondary N) is 2. The van der Waals surface area contributed by atoms with E-state index in [1.54, 1.807) is 12.3 Å². The molecule has 2 aromatic rings. The Hall–Kier alpha value is -2.28. The van der Waals surface area contributed by atoms with Crippen LogP contribution < -0.4 is 5.32 Å². The number of anilines is 1. The molecule has 1 heterocycles. The zero-order chi connectivity index (χ0) is 11.4. The lowest BCUT2D eigenvalue weighted by Gasteiger charge is -2.05. The Morgan fingerprint density at radius 1 is 1.50 bits per heavy atom. The van der Waals surface area contributed by atoms with Crippen LogP contribution in [0.5, 0.6) is 0 Å². The second-order valence-electron chi connectivity index (χ2n) is 3.57. The minimum Gasteiger partial charge on any atom is -0.381 e. The van der Waals surface area contributed by atoms with Crippen molar-refractivity contribution in [3.63, 3.8) is 0 Å². The summed E-state index contributed by atoms with van der Waals surface area (Å²) < 4.78 is 0. The molecule has 0 saturated heterocycles. The Kier molecular flexibility index (Phi) is 2.88. The average Bonchev–Trinajstić information content (AvgIpc) is 2.72. The maximum Gasteiger partial charge on any atom is 0.0992 e. The van der Waals surface area contributed by atoms with Crippen molar-refractivity contribution in [3.8, 4) is 6.07 Å².